The van der Waals surface area contributed by atoms with E-state index in [1.807, 2.05) is 0 Å². The van der Waals surface area contributed by atoms with Crippen molar-refractivity contribution in [1.29, 1.82) is 0 Å². The van der Waals surface area contributed by atoms with Crippen LogP contribution in [0.4, 0.5) is 0 Å². The first-order valence-corrected chi connectivity index (χ1v) is 7.16. The predicted octanol–water partition coefficient (Wildman–Crippen LogP) is 2.55. The third-order valence-corrected chi connectivity index (χ3v) is 3.65. The van der Waals surface area contributed by atoms with Crippen LogP contribution in [0.5, 0.6) is 0 Å². The molecule has 0 saturated carbocycles. The molecule has 2 atom stereocenters. The maximum absolute atomic E-state index is 5.51. The third kappa shape index (κ3) is 4.80. The molecule has 1 aliphatic heterocycles. The minimum absolute atomic E-state index is 0.289. The second kappa shape index (κ2) is 7.88. The molecule has 0 spiro atoms. The van der Waals surface area contributed by atoms with Gasteiger partial charge in [0.1, 0.15) is 0 Å². The van der Waals surface area contributed by atoms with Crippen molar-refractivity contribution in [2.24, 2.45) is 0 Å². The number of thiocarbonyl (C=S) groups is 1. The van der Waals surface area contributed by atoms with Crippen LogP contribution in [0.25, 0.3) is 0 Å². The molecule has 1 heterocycles. The second-order valence-corrected chi connectivity index (χ2v) is 5.32. The summed E-state index contributed by atoms with van der Waals surface area (Å²) in [5, 5.41) is 4.28. The number of nitrogens with one attached hydrogen (secondary N) is 1. The smallest absolute Gasteiger partial charge is 0.169 e. The largest absolute Gasteiger partial charge is 0.383 e. The van der Waals surface area contributed by atoms with Gasteiger partial charge in [0.15, 0.2) is 5.11 Å². The Hall–Kier alpha value is -0.350. The normalized spacial score (nSPS) is 22.3. The predicted molar refractivity (Wildman–Crippen MR) is 76.3 cm³/mol. The van der Waals surface area contributed by atoms with E-state index in [-0.39, 0.29) is 6.04 Å². The average molecular weight is 258 g/mol. The first-order chi connectivity index (χ1) is 8.19. The summed E-state index contributed by atoms with van der Waals surface area (Å²) in [5.74, 6) is 0. The highest BCUT2D eigenvalue weighted by Crippen LogP contribution is 2.20. The molecule has 0 amide bonds. The van der Waals surface area contributed by atoms with Crippen molar-refractivity contribution in [3.05, 3.63) is 0 Å². The van der Waals surface area contributed by atoms with Gasteiger partial charge >= 0.3 is 0 Å². The molecule has 2 unspecified atom stereocenters. The van der Waals surface area contributed by atoms with Gasteiger partial charge in [0.25, 0.3) is 0 Å². The molecule has 4 heteroatoms. The molecule has 1 saturated heterocycles. The molecule has 0 bridgehead atoms. The van der Waals surface area contributed by atoms with Crippen LogP contribution in [-0.4, -0.2) is 42.4 Å². The minimum atomic E-state index is 0.289. The van der Waals surface area contributed by atoms with E-state index in [0.29, 0.717) is 12.6 Å². The van der Waals surface area contributed by atoms with Gasteiger partial charge in [-0.2, -0.15) is 0 Å². The Morgan fingerprint density at radius 2 is 2.29 bits per heavy atom. The number of methoxy groups -OCH3 is 1. The Labute approximate surface area is 111 Å². The molecule has 100 valence electrons. The number of rotatable bonds is 5. The van der Waals surface area contributed by atoms with Crippen LogP contribution >= 0.6 is 12.2 Å². The van der Waals surface area contributed by atoms with E-state index >= 15 is 0 Å². The van der Waals surface area contributed by atoms with Gasteiger partial charge in [-0.1, -0.05) is 13.3 Å². The van der Waals surface area contributed by atoms with Crippen LogP contribution in [0.2, 0.25) is 0 Å². The van der Waals surface area contributed by atoms with Crippen LogP contribution < -0.4 is 5.32 Å². The van der Waals surface area contributed by atoms with Gasteiger partial charge in [-0.25, -0.2) is 0 Å². The van der Waals surface area contributed by atoms with Crippen molar-refractivity contribution in [3.8, 4) is 0 Å². The lowest BCUT2D eigenvalue weighted by atomic mass is 9.99. The quantitative estimate of drug-likeness (QED) is 0.766. The zero-order chi connectivity index (χ0) is 12.7. The van der Waals surface area contributed by atoms with Gasteiger partial charge in [-0.3, -0.25) is 0 Å². The summed E-state index contributed by atoms with van der Waals surface area (Å²) in [6.45, 7) is 6.16. The monoisotopic (exact) mass is 258 g/mol. The summed E-state index contributed by atoms with van der Waals surface area (Å²) in [4.78, 5) is 2.38. The molecule has 1 N–H and O–H groups in total. The van der Waals surface area contributed by atoms with E-state index in [0.717, 1.165) is 11.7 Å². The Morgan fingerprint density at radius 3 is 2.94 bits per heavy atom. The molecule has 1 fully saturated rings. The molecule has 17 heavy (non-hydrogen) atoms. The molecule has 0 aromatic heterocycles. The first kappa shape index (κ1) is 14.7. The van der Waals surface area contributed by atoms with Crippen molar-refractivity contribution in [2.45, 2.75) is 58.0 Å². The Balaban J connectivity index is 2.46. The zero-order valence-corrected chi connectivity index (χ0v) is 12.2. The van der Waals surface area contributed by atoms with Crippen molar-refractivity contribution in [1.82, 2.24) is 10.2 Å². The van der Waals surface area contributed by atoms with Crippen molar-refractivity contribution in [3.63, 3.8) is 0 Å². The summed E-state index contributed by atoms with van der Waals surface area (Å²) in [5.41, 5.74) is 0. The molecule has 0 aromatic carbocycles. The third-order valence-electron chi connectivity index (χ3n) is 3.30. The van der Waals surface area contributed by atoms with Crippen molar-refractivity contribution < 1.29 is 4.74 Å². The van der Waals surface area contributed by atoms with E-state index in [1.54, 1.807) is 7.11 Å². The van der Waals surface area contributed by atoms with Crippen LogP contribution in [-0.2, 0) is 4.74 Å². The minimum Gasteiger partial charge on any atom is -0.383 e. The van der Waals surface area contributed by atoms with Gasteiger partial charge in [0, 0.05) is 25.7 Å². The van der Waals surface area contributed by atoms with Gasteiger partial charge in [0.2, 0.25) is 0 Å². The van der Waals surface area contributed by atoms with Gasteiger partial charge in [-0.05, 0) is 44.8 Å². The number of hydrogen-bond acceptors (Lipinski definition) is 2. The number of hydrogen-bond donors (Lipinski definition) is 1. The Kier molecular flexibility index (Phi) is 6.82. The Morgan fingerprint density at radius 1 is 1.53 bits per heavy atom. The van der Waals surface area contributed by atoms with E-state index in [2.05, 4.69) is 24.1 Å². The van der Waals surface area contributed by atoms with Gasteiger partial charge in [0.05, 0.1) is 6.61 Å². The Bertz CT molecular complexity index is 233. The van der Waals surface area contributed by atoms with Gasteiger partial charge < -0.3 is 15.0 Å². The highest BCUT2D eigenvalue weighted by Gasteiger charge is 2.24. The summed E-state index contributed by atoms with van der Waals surface area (Å²) in [6, 6.07) is 0.931. The fourth-order valence-electron chi connectivity index (χ4n) is 2.49. The number of nitrogens with zero attached hydrogens (tertiary/aromatic N) is 1. The second-order valence-electron chi connectivity index (χ2n) is 4.94. The summed E-state index contributed by atoms with van der Waals surface area (Å²) >= 11 is 5.51. The van der Waals surface area contributed by atoms with E-state index in [9.17, 15) is 0 Å². The van der Waals surface area contributed by atoms with Crippen molar-refractivity contribution >= 4 is 17.3 Å². The number of piperidine rings is 1. The molecule has 1 aliphatic rings. The standard InChI is InChI=1S/C13H26N2OS/c1-4-7-12-8-5-6-9-15(12)13(17)14-11(2)10-16-3/h11-12H,4-10H2,1-3H3,(H,14,17). The van der Waals surface area contributed by atoms with Crippen molar-refractivity contribution in [2.75, 3.05) is 20.3 Å². The zero-order valence-electron chi connectivity index (χ0n) is 11.4. The SMILES string of the molecule is CCCC1CCCCN1C(=S)NC(C)COC. The lowest BCUT2D eigenvalue weighted by Crippen LogP contribution is -2.51. The molecular formula is C13H26N2OS. The fraction of sp³-hybridized carbons (Fsp3) is 0.923. The molecule has 0 aliphatic carbocycles. The highest BCUT2D eigenvalue weighted by atomic mass is 32.1. The maximum atomic E-state index is 5.51. The molecule has 0 radical (unpaired) electrons. The molecule has 3 nitrogen and oxygen atoms in total. The molecular weight excluding hydrogens is 232 g/mol. The summed E-state index contributed by atoms with van der Waals surface area (Å²) in [6.07, 6.45) is 6.38. The maximum Gasteiger partial charge on any atom is 0.169 e. The molecule has 0 aromatic rings. The lowest BCUT2D eigenvalue weighted by Gasteiger charge is -2.38. The fourth-order valence-corrected chi connectivity index (χ4v) is 2.93. The summed E-state index contributed by atoms with van der Waals surface area (Å²) in [7, 11) is 1.72. The average Bonchev–Trinajstić information content (AvgIpc) is 2.30. The van der Waals surface area contributed by atoms with Crippen LogP contribution in [0.15, 0.2) is 0 Å². The number of ether oxygens (including phenoxy) is 1. The molecule has 1 rings (SSSR count). The van der Waals surface area contributed by atoms with E-state index in [1.165, 1.54) is 32.1 Å². The topological polar surface area (TPSA) is 24.5 Å². The highest BCUT2D eigenvalue weighted by molar-refractivity contribution is 7.80. The van der Waals surface area contributed by atoms with E-state index in [4.69, 9.17) is 17.0 Å². The summed E-state index contributed by atoms with van der Waals surface area (Å²) < 4.78 is 5.13. The van der Waals surface area contributed by atoms with Gasteiger partial charge in [-0.15, -0.1) is 0 Å². The van der Waals surface area contributed by atoms with Crippen LogP contribution in [0, 0.1) is 0 Å². The first-order valence-electron chi connectivity index (χ1n) is 6.75. The van der Waals surface area contributed by atoms with Crippen LogP contribution in [0.1, 0.15) is 46.0 Å². The lowest BCUT2D eigenvalue weighted by molar-refractivity contribution is 0.173. The van der Waals surface area contributed by atoms with E-state index < -0.39 is 0 Å². The number of likely N-dealkylation sites (tertiary alicyclic amines) is 1. The van der Waals surface area contributed by atoms with Crippen LogP contribution in [0.3, 0.4) is 0 Å².